The van der Waals surface area contributed by atoms with Crippen molar-refractivity contribution in [3.63, 3.8) is 0 Å². The molecule has 2 aromatic heterocycles. The van der Waals surface area contributed by atoms with Crippen LogP contribution in [0.2, 0.25) is 0 Å². The summed E-state index contributed by atoms with van der Waals surface area (Å²) < 4.78 is 18.4. The number of nitrogens with zero attached hydrogens (tertiary/aromatic N) is 2. The number of pyridine rings is 2. The summed E-state index contributed by atoms with van der Waals surface area (Å²) in [5.41, 5.74) is 4.97. The van der Waals surface area contributed by atoms with Gasteiger partial charge in [0.1, 0.15) is 0 Å². The van der Waals surface area contributed by atoms with Gasteiger partial charge in [0.2, 0.25) is 0 Å². The molecule has 0 saturated heterocycles. The maximum atomic E-state index is 12.4. The molecule has 1 aliphatic carbocycles. The number of unbranched alkanes of at least 4 members (excludes halogenated alkanes) is 3. The van der Waals surface area contributed by atoms with Crippen LogP contribution in [-0.2, 0) is 44.8 Å². The third-order valence-electron chi connectivity index (χ3n) is 8.09. The Kier molecular flexibility index (Phi) is 17.9. The molecule has 0 amide bonds. The van der Waals surface area contributed by atoms with Gasteiger partial charge in [-0.05, 0) is 79.9 Å². The first-order valence-electron chi connectivity index (χ1n) is 16.3. The van der Waals surface area contributed by atoms with Gasteiger partial charge in [-0.1, -0.05) is 52.2 Å². The predicted octanol–water partition coefficient (Wildman–Crippen LogP) is 6.47. The van der Waals surface area contributed by atoms with Crippen LogP contribution in [0, 0.1) is 5.41 Å². The molecule has 2 aromatic rings. The number of carboxylic acid groups (broad SMARTS) is 1. The third kappa shape index (κ3) is 15.2. The van der Waals surface area contributed by atoms with Crippen LogP contribution in [0.25, 0.3) is 0 Å². The van der Waals surface area contributed by atoms with Gasteiger partial charge in [-0.15, -0.1) is 0 Å². The van der Waals surface area contributed by atoms with Crippen LogP contribution in [0.1, 0.15) is 107 Å². The Morgan fingerprint density at radius 2 is 1.59 bits per heavy atom. The zero-order valence-electron chi connectivity index (χ0n) is 27.3. The lowest BCUT2D eigenvalue weighted by Gasteiger charge is -2.17. The molecule has 2 heterocycles. The molecule has 1 atom stereocenters. The molecule has 0 radical (unpaired) electrons. The Bertz CT molecular complexity index is 1160. The number of aromatic nitrogens is 2. The van der Waals surface area contributed by atoms with Gasteiger partial charge in [0.25, 0.3) is 5.56 Å². The Hall–Kier alpha value is -2.20. The second-order valence-corrected chi connectivity index (χ2v) is 13.0. The molecule has 8 nitrogen and oxygen atoms in total. The molecule has 44 heavy (non-hydrogen) atoms. The zero-order chi connectivity index (χ0) is 30.9. The summed E-state index contributed by atoms with van der Waals surface area (Å²) >= 11 is 0. The number of carboxylic acids is 1. The molecule has 1 N–H and O–H groups in total. The summed E-state index contributed by atoms with van der Waals surface area (Å²) in [6.07, 6.45) is 13.7. The van der Waals surface area contributed by atoms with Crippen molar-refractivity contribution < 1.29 is 24.1 Å². The first kappa shape index (κ1) is 38.0. The summed E-state index contributed by atoms with van der Waals surface area (Å²) in [5.74, 6) is -0.934. The third-order valence-corrected chi connectivity index (χ3v) is 8.09. The number of fused-ring (bicyclic) bond motifs is 1. The van der Waals surface area contributed by atoms with Crippen molar-refractivity contribution in [1.29, 1.82) is 0 Å². The second kappa shape index (κ2) is 20.8. The van der Waals surface area contributed by atoms with E-state index in [2.05, 4.69) is 32.9 Å². The van der Waals surface area contributed by atoms with Crippen LogP contribution >= 0.6 is 13.5 Å². The van der Waals surface area contributed by atoms with Crippen molar-refractivity contribution in [3.05, 3.63) is 63.3 Å². The van der Waals surface area contributed by atoms with Crippen molar-refractivity contribution >= 4 is 19.5 Å². The van der Waals surface area contributed by atoms with E-state index in [-0.39, 0.29) is 36.8 Å². The normalized spacial score (nSPS) is 13.7. The standard InChI is InChI=1S/C35H54N2O6.H2S/c1-35(2,3)18-20-41-22-24-43-25-23-42-21-19-37-27-30(15-17-33(37)38)29(26-34(39)40)11-6-4-5-7-12-31-16-14-28-10-8-9-13-32(28)36-31;/h14-17,27,29H,4-13,18-26H2,1-3H3,(H,39,40);1H2/t29-;/m0./s1. The molecule has 0 aromatic carbocycles. The van der Waals surface area contributed by atoms with Crippen LogP contribution in [0.3, 0.4) is 0 Å². The van der Waals surface area contributed by atoms with Crippen LogP contribution in [0.5, 0.6) is 0 Å². The quantitative estimate of drug-likeness (QED) is 0.157. The average Bonchev–Trinajstić information content (AvgIpc) is 2.97. The molecule has 0 fully saturated rings. The van der Waals surface area contributed by atoms with Crippen molar-refractivity contribution in [1.82, 2.24) is 9.55 Å². The molecule has 0 spiro atoms. The minimum Gasteiger partial charge on any atom is -0.481 e. The first-order valence-corrected chi connectivity index (χ1v) is 16.3. The molecule has 0 saturated carbocycles. The molecular weight excluding hydrogens is 576 g/mol. The lowest BCUT2D eigenvalue weighted by molar-refractivity contribution is -0.137. The minimum absolute atomic E-state index is 0. The molecule has 9 heteroatoms. The van der Waals surface area contributed by atoms with E-state index in [4.69, 9.17) is 19.2 Å². The Morgan fingerprint density at radius 3 is 2.32 bits per heavy atom. The second-order valence-electron chi connectivity index (χ2n) is 13.0. The highest BCUT2D eigenvalue weighted by Crippen LogP contribution is 2.26. The largest absolute Gasteiger partial charge is 0.481 e. The Morgan fingerprint density at radius 1 is 0.909 bits per heavy atom. The summed E-state index contributed by atoms with van der Waals surface area (Å²) in [6, 6.07) is 7.78. The van der Waals surface area contributed by atoms with E-state index in [0.717, 1.165) is 70.0 Å². The fourth-order valence-corrected chi connectivity index (χ4v) is 5.46. The van der Waals surface area contributed by atoms with E-state index in [1.807, 2.05) is 6.20 Å². The van der Waals surface area contributed by atoms with Crippen molar-refractivity contribution in [3.8, 4) is 0 Å². The molecule has 3 rings (SSSR count). The van der Waals surface area contributed by atoms with E-state index >= 15 is 0 Å². The van der Waals surface area contributed by atoms with E-state index < -0.39 is 5.97 Å². The smallest absolute Gasteiger partial charge is 0.303 e. The van der Waals surface area contributed by atoms with Gasteiger partial charge >= 0.3 is 5.97 Å². The van der Waals surface area contributed by atoms with Crippen LogP contribution in [0.15, 0.2) is 35.3 Å². The summed E-state index contributed by atoms with van der Waals surface area (Å²) in [5, 5.41) is 9.54. The van der Waals surface area contributed by atoms with Crippen LogP contribution in [0.4, 0.5) is 0 Å². The molecule has 0 bridgehead atoms. The lowest BCUT2D eigenvalue weighted by atomic mass is 9.91. The monoisotopic (exact) mass is 632 g/mol. The topological polar surface area (TPSA) is 99.9 Å². The van der Waals surface area contributed by atoms with E-state index in [0.29, 0.717) is 39.6 Å². The number of hydrogen-bond acceptors (Lipinski definition) is 6. The Balaban J connectivity index is 0.00000675. The SMILES string of the molecule is CC(C)(C)CCOCCOCCOCCn1cc([C@@H](CCCCCCc2ccc3c(n2)CCCC3)CC(=O)O)ccc1=O.S. The fraction of sp³-hybridized carbons (Fsp3) is 0.686. The number of ether oxygens (including phenoxy) is 3. The zero-order valence-corrected chi connectivity index (χ0v) is 28.3. The molecule has 1 aliphatic rings. The van der Waals surface area contributed by atoms with Crippen LogP contribution < -0.4 is 5.56 Å². The van der Waals surface area contributed by atoms with Gasteiger partial charge in [0.05, 0.1) is 39.5 Å². The highest BCUT2D eigenvalue weighted by atomic mass is 32.1. The van der Waals surface area contributed by atoms with E-state index in [9.17, 15) is 14.7 Å². The molecule has 0 unspecified atom stereocenters. The van der Waals surface area contributed by atoms with Gasteiger partial charge in [0.15, 0.2) is 0 Å². The summed E-state index contributed by atoms with van der Waals surface area (Å²) in [7, 11) is 0. The van der Waals surface area contributed by atoms with Crippen LogP contribution in [-0.4, -0.2) is 60.3 Å². The number of aliphatic carboxylic acids is 1. The van der Waals surface area contributed by atoms with Gasteiger partial charge < -0.3 is 23.9 Å². The minimum atomic E-state index is -0.816. The number of hydrogen-bond donors (Lipinski definition) is 1. The fourth-order valence-electron chi connectivity index (χ4n) is 5.46. The molecular formula is C35H56N2O6S. The number of rotatable bonds is 21. The highest BCUT2D eigenvalue weighted by molar-refractivity contribution is 7.59. The van der Waals surface area contributed by atoms with Crippen molar-refractivity contribution in [2.24, 2.45) is 5.41 Å². The predicted molar refractivity (Wildman–Crippen MR) is 180 cm³/mol. The molecule has 0 aliphatic heterocycles. The molecule has 248 valence electrons. The van der Waals surface area contributed by atoms with Gasteiger partial charge in [0, 0.05) is 36.8 Å². The maximum Gasteiger partial charge on any atom is 0.303 e. The van der Waals surface area contributed by atoms with Crippen molar-refractivity contribution in [2.75, 3.05) is 39.6 Å². The Labute approximate surface area is 271 Å². The first-order chi connectivity index (χ1) is 20.7. The van der Waals surface area contributed by atoms with E-state index in [1.165, 1.54) is 29.8 Å². The maximum absolute atomic E-state index is 12.4. The number of aryl methyl sites for hydroxylation is 3. The van der Waals surface area contributed by atoms with E-state index in [1.54, 1.807) is 16.7 Å². The average molecular weight is 633 g/mol. The van der Waals surface area contributed by atoms with Gasteiger partial charge in [-0.2, -0.15) is 13.5 Å². The number of carbonyl (C=O) groups is 1. The van der Waals surface area contributed by atoms with Gasteiger partial charge in [-0.25, -0.2) is 0 Å². The summed E-state index contributed by atoms with van der Waals surface area (Å²) in [6.45, 7) is 10.1. The lowest BCUT2D eigenvalue weighted by Crippen LogP contribution is -2.23. The highest BCUT2D eigenvalue weighted by Gasteiger charge is 2.17. The summed E-state index contributed by atoms with van der Waals surface area (Å²) in [4.78, 5) is 29.0. The van der Waals surface area contributed by atoms with Gasteiger partial charge in [-0.3, -0.25) is 14.6 Å². The van der Waals surface area contributed by atoms with Crippen molar-refractivity contribution in [2.45, 2.75) is 110 Å².